The number of nitrogens with one attached hydrogen (secondary N) is 1. The van der Waals surface area contributed by atoms with Gasteiger partial charge in [0.2, 0.25) is 5.91 Å². The van der Waals surface area contributed by atoms with Crippen LogP contribution in [-0.4, -0.2) is 5.91 Å². The average molecular weight is 337 g/mol. The van der Waals surface area contributed by atoms with Gasteiger partial charge in [-0.2, -0.15) is 0 Å². The van der Waals surface area contributed by atoms with Crippen molar-refractivity contribution in [3.8, 4) is 0 Å². The number of carbonyl (C=O) groups is 1. The Morgan fingerprint density at radius 1 is 1.04 bits per heavy atom. The quantitative estimate of drug-likeness (QED) is 0.569. The van der Waals surface area contributed by atoms with E-state index in [1.54, 1.807) is 0 Å². The minimum atomic E-state index is -0.809. The third-order valence-electron chi connectivity index (χ3n) is 4.10. The monoisotopic (exact) mass is 337 g/mol. The van der Waals surface area contributed by atoms with Gasteiger partial charge in [-0.25, -0.2) is 8.78 Å². The number of halogens is 2. The highest BCUT2D eigenvalue weighted by molar-refractivity contribution is 6.09. The van der Waals surface area contributed by atoms with E-state index >= 15 is 0 Å². The van der Waals surface area contributed by atoms with Crippen molar-refractivity contribution in [1.82, 2.24) is 0 Å². The van der Waals surface area contributed by atoms with Crippen LogP contribution in [0.25, 0.3) is 21.7 Å². The zero-order chi connectivity index (χ0) is 17.4. The van der Waals surface area contributed by atoms with Gasteiger partial charge in [0.25, 0.3) is 0 Å². The first-order chi connectivity index (χ1) is 12.1. The van der Waals surface area contributed by atoms with Crippen LogP contribution in [0.4, 0.5) is 14.5 Å². The number of hydrogen-bond acceptors (Lipinski definition) is 2. The highest BCUT2D eigenvalue weighted by Crippen LogP contribution is 2.30. The van der Waals surface area contributed by atoms with E-state index in [-0.39, 0.29) is 12.1 Å². The maximum atomic E-state index is 13.7. The fourth-order valence-electron chi connectivity index (χ4n) is 2.96. The molecule has 5 heteroatoms. The van der Waals surface area contributed by atoms with Gasteiger partial charge in [0.05, 0.1) is 18.4 Å². The molecule has 4 rings (SSSR count). The molecule has 3 nitrogen and oxygen atoms in total. The van der Waals surface area contributed by atoms with Crippen LogP contribution in [0.2, 0.25) is 0 Å². The standard InChI is InChI=1S/C20H13F2NO2/c21-14-6-7-17(16(22)10-14)23-19(24)9-13-11-25-18-8-5-12-3-1-2-4-15(12)20(13)18/h1-8,10-11H,9H2,(H,23,24). The second-order valence-electron chi connectivity index (χ2n) is 5.77. The third-order valence-corrected chi connectivity index (χ3v) is 4.10. The number of benzene rings is 3. The SMILES string of the molecule is O=C(Cc1coc2ccc3ccccc3c12)Nc1ccc(F)cc1F. The first-order valence-electron chi connectivity index (χ1n) is 7.74. The average Bonchev–Trinajstić information content (AvgIpc) is 3.01. The van der Waals surface area contributed by atoms with Crippen LogP contribution in [0.5, 0.6) is 0 Å². The molecule has 4 aromatic rings. The van der Waals surface area contributed by atoms with E-state index < -0.39 is 17.5 Å². The van der Waals surface area contributed by atoms with Gasteiger partial charge in [-0.1, -0.05) is 30.3 Å². The zero-order valence-electron chi connectivity index (χ0n) is 13.1. The van der Waals surface area contributed by atoms with Gasteiger partial charge in [0, 0.05) is 17.0 Å². The van der Waals surface area contributed by atoms with Crippen molar-refractivity contribution >= 4 is 33.3 Å². The molecule has 0 atom stereocenters. The predicted molar refractivity (Wildman–Crippen MR) is 92.4 cm³/mol. The summed E-state index contributed by atoms with van der Waals surface area (Å²) in [4.78, 5) is 12.3. The molecular formula is C20H13F2NO2. The van der Waals surface area contributed by atoms with Crippen molar-refractivity contribution in [1.29, 1.82) is 0 Å². The number of fused-ring (bicyclic) bond motifs is 3. The van der Waals surface area contributed by atoms with Crippen LogP contribution < -0.4 is 5.32 Å². The van der Waals surface area contributed by atoms with Crippen molar-refractivity contribution in [2.45, 2.75) is 6.42 Å². The summed E-state index contributed by atoms with van der Waals surface area (Å²) < 4.78 is 32.2. The molecule has 25 heavy (non-hydrogen) atoms. The van der Waals surface area contributed by atoms with Gasteiger partial charge < -0.3 is 9.73 Å². The Labute approximate surface area is 141 Å². The van der Waals surface area contributed by atoms with Crippen LogP contribution in [0, 0.1) is 11.6 Å². The van der Waals surface area contributed by atoms with Crippen molar-refractivity contribution < 1.29 is 18.0 Å². The van der Waals surface area contributed by atoms with Gasteiger partial charge in [-0.15, -0.1) is 0 Å². The number of hydrogen-bond donors (Lipinski definition) is 1. The van der Waals surface area contributed by atoms with Crippen molar-refractivity contribution in [2.75, 3.05) is 5.32 Å². The predicted octanol–water partition coefficient (Wildman–Crippen LogP) is 5.05. The molecule has 0 bridgehead atoms. The van der Waals surface area contributed by atoms with Gasteiger partial charge in [0.15, 0.2) is 0 Å². The summed E-state index contributed by atoms with van der Waals surface area (Å²) in [5, 5.41) is 5.37. The zero-order valence-corrected chi connectivity index (χ0v) is 13.1. The van der Waals surface area contributed by atoms with Crippen LogP contribution in [0.3, 0.4) is 0 Å². The Balaban J connectivity index is 1.66. The second kappa shape index (κ2) is 6.02. The lowest BCUT2D eigenvalue weighted by Crippen LogP contribution is -2.15. The lowest BCUT2D eigenvalue weighted by atomic mass is 10.0. The lowest BCUT2D eigenvalue weighted by Gasteiger charge is -2.06. The number of rotatable bonds is 3. The number of furan rings is 1. The van der Waals surface area contributed by atoms with Gasteiger partial charge >= 0.3 is 0 Å². The molecule has 0 unspecified atom stereocenters. The minimum absolute atomic E-state index is 0.0256. The van der Waals surface area contributed by atoms with E-state index in [0.29, 0.717) is 11.1 Å². The van der Waals surface area contributed by atoms with Gasteiger partial charge in [-0.05, 0) is 29.0 Å². The van der Waals surface area contributed by atoms with E-state index in [9.17, 15) is 13.6 Å². The van der Waals surface area contributed by atoms with Crippen molar-refractivity contribution in [3.63, 3.8) is 0 Å². The molecule has 1 N–H and O–H groups in total. The van der Waals surface area contributed by atoms with Crippen LogP contribution >= 0.6 is 0 Å². The molecule has 0 aliphatic heterocycles. The maximum Gasteiger partial charge on any atom is 0.229 e. The van der Waals surface area contributed by atoms with E-state index in [1.807, 2.05) is 36.4 Å². The largest absolute Gasteiger partial charge is 0.464 e. The van der Waals surface area contributed by atoms with Gasteiger partial charge in [-0.3, -0.25) is 4.79 Å². The fraction of sp³-hybridized carbons (Fsp3) is 0.0500. The van der Waals surface area contributed by atoms with E-state index in [1.165, 1.54) is 12.3 Å². The molecule has 1 heterocycles. The molecule has 124 valence electrons. The van der Waals surface area contributed by atoms with Crippen LogP contribution in [0.1, 0.15) is 5.56 Å². The minimum Gasteiger partial charge on any atom is -0.464 e. The summed E-state index contributed by atoms with van der Waals surface area (Å²) in [5.41, 5.74) is 1.35. The highest BCUT2D eigenvalue weighted by atomic mass is 19.1. The Hall–Kier alpha value is -3.21. The summed E-state index contributed by atoms with van der Waals surface area (Å²) in [6, 6.07) is 14.7. The summed E-state index contributed by atoms with van der Waals surface area (Å²) in [5.74, 6) is -1.90. The Morgan fingerprint density at radius 3 is 2.72 bits per heavy atom. The molecule has 0 radical (unpaired) electrons. The molecular weight excluding hydrogens is 324 g/mol. The highest BCUT2D eigenvalue weighted by Gasteiger charge is 2.14. The normalized spacial score (nSPS) is 11.1. The molecule has 0 fully saturated rings. The molecule has 0 aliphatic carbocycles. The number of carbonyl (C=O) groups excluding carboxylic acids is 1. The first kappa shape index (κ1) is 15.3. The maximum absolute atomic E-state index is 13.7. The van der Waals surface area contributed by atoms with Crippen molar-refractivity contribution in [3.05, 3.63) is 78.1 Å². The molecule has 0 saturated carbocycles. The van der Waals surface area contributed by atoms with E-state index in [0.717, 1.165) is 28.3 Å². The number of anilines is 1. The molecule has 1 aromatic heterocycles. The van der Waals surface area contributed by atoms with Crippen molar-refractivity contribution in [2.24, 2.45) is 0 Å². The first-order valence-corrected chi connectivity index (χ1v) is 7.74. The Bertz CT molecular complexity index is 1100. The van der Waals surface area contributed by atoms with E-state index in [2.05, 4.69) is 5.32 Å². The molecule has 0 spiro atoms. The molecule has 0 saturated heterocycles. The van der Waals surface area contributed by atoms with Gasteiger partial charge in [0.1, 0.15) is 17.2 Å². The molecule has 1 amide bonds. The summed E-state index contributed by atoms with van der Waals surface area (Å²) in [6.07, 6.45) is 1.57. The van der Waals surface area contributed by atoms with E-state index in [4.69, 9.17) is 4.42 Å². The summed E-state index contributed by atoms with van der Waals surface area (Å²) in [6.45, 7) is 0. The molecule has 0 aliphatic rings. The Morgan fingerprint density at radius 2 is 1.88 bits per heavy atom. The topological polar surface area (TPSA) is 42.2 Å². The Kier molecular flexibility index (Phi) is 3.69. The smallest absolute Gasteiger partial charge is 0.229 e. The number of amides is 1. The van der Waals surface area contributed by atoms with Crippen LogP contribution in [0.15, 0.2) is 65.3 Å². The summed E-state index contributed by atoms with van der Waals surface area (Å²) in [7, 11) is 0. The van der Waals surface area contributed by atoms with Crippen LogP contribution in [-0.2, 0) is 11.2 Å². The summed E-state index contributed by atoms with van der Waals surface area (Å²) >= 11 is 0. The second-order valence-corrected chi connectivity index (χ2v) is 5.77. The lowest BCUT2D eigenvalue weighted by molar-refractivity contribution is -0.115. The third kappa shape index (κ3) is 2.85. The molecule has 3 aromatic carbocycles. The fourth-order valence-corrected chi connectivity index (χ4v) is 2.96.